The second kappa shape index (κ2) is 21.5. The van der Waals surface area contributed by atoms with Crippen LogP contribution in [0.3, 0.4) is 0 Å². The number of methoxy groups -OCH3 is 2. The Morgan fingerprint density at radius 1 is 0.631 bits per heavy atom. The molecule has 4 amide bonds. The molecular formula is C47H72N4O12Si2. The van der Waals surface area contributed by atoms with Crippen molar-refractivity contribution in [3.05, 3.63) is 59.7 Å². The van der Waals surface area contributed by atoms with Gasteiger partial charge in [-0.3, -0.25) is 20.2 Å². The maximum atomic E-state index is 14.1. The van der Waals surface area contributed by atoms with Crippen molar-refractivity contribution >= 4 is 52.0 Å². The highest BCUT2D eigenvalue weighted by molar-refractivity contribution is 6.74. The van der Waals surface area contributed by atoms with Crippen molar-refractivity contribution in [1.82, 2.24) is 9.80 Å². The van der Waals surface area contributed by atoms with Gasteiger partial charge in [0.15, 0.2) is 39.6 Å². The highest BCUT2D eigenvalue weighted by Gasteiger charge is 2.42. The zero-order valence-electron chi connectivity index (χ0n) is 40.5. The maximum absolute atomic E-state index is 14.1. The van der Waals surface area contributed by atoms with E-state index in [2.05, 4.69) is 91.5 Å². The van der Waals surface area contributed by atoms with E-state index in [9.17, 15) is 29.4 Å². The molecule has 2 aromatic carbocycles. The number of rotatable bonds is 20. The zero-order valence-corrected chi connectivity index (χ0v) is 42.5. The lowest BCUT2D eigenvalue weighted by Gasteiger charge is -2.38. The molecule has 0 spiro atoms. The first-order valence-corrected chi connectivity index (χ1v) is 27.9. The van der Waals surface area contributed by atoms with Crippen LogP contribution in [0.15, 0.2) is 48.6 Å². The molecule has 2 heterocycles. The largest absolute Gasteiger partial charge is 0.493 e. The van der Waals surface area contributed by atoms with Crippen molar-refractivity contribution in [2.75, 3.05) is 64.4 Å². The number of carbonyl (C=O) groups excluding carboxylic acids is 2. The SMILES string of the molecule is C=C1C[C@@H](CO[Si](C)(C)C(C)(C)C)N(C(=O)c2cc(OC)c(OCCCCCOc3cc(NC(=O)O)c(C(=O)N4CC(=C)C[C@H]4CO[Si](C)(C)C(C)(C)C)cc3OC)cc2NC(=O)O)C1. The molecule has 2 aliphatic rings. The number of hydrogen-bond donors (Lipinski definition) is 4. The van der Waals surface area contributed by atoms with E-state index in [1.807, 2.05) is 0 Å². The first kappa shape index (κ1) is 52.6. The Morgan fingerprint density at radius 2 is 0.985 bits per heavy atom. The summed E-state index contributed by atoms with van der Waals surface area (Å²) in [6.07, 6.45) is 0.317. The van der Waals surface area contributed by atoms with E-state index in [1.165, 1.54) is 38.5 Å². The van der Waals surface area contributed by atoms with E-state index >= 15 is 0 Å². The molecule has 2 saturated heterocycles. The fraction of sp³-hybridized carbons (Fsp3) is 0.574. The van der Waals surface area contributed by atoms with Gasteiger partial charge in [0.25, 0.3) is 11.8 Å². The van der Waals surface area contributed by atoms with Crippen LogP contribution in [0.25, 0.3) is 0 Å². The number of amides is 4. The third-order valence-electron chi connectivity index (χ3n) is 13.0. The van der Waals surface area contributed by atoms with E-state index in [1.54, 1.807) is 9.80 Å². The topological polar surface area (TPSA) is 195 Å². The molecule has 4 rings (SSSR count). The van der Waals surface area contributed by atoms with Crippen molar-refractivity contribution in [2.45, 2.75) is 122 Å². The number of nitrogens with zero attached hydrogens (tertiary/aromatic N) is 2. The molecule has 0 unspecified atom stereocenters. The van der Waals surface area contributed by atoms with E-state index < -0.39 is 28.8 Å². The number of unbranched alkanes of at least 4 members (excludes halogenated alkanes) is 2. The smallest absolute Gasteiger partial charge is 0.409 e. The van der Waals surface area contributed by atoms with Crippen LogP contribution in [0.1, 0.15) is 94.4 Å². The van der Waals surface area contributed by atoms with Gasteiger partial charge in [-0.25, -0.2) is 9.59 Å². The van der Waals surface area contributed by atoms with E-state index in [0.717, 1.165) is 11.1 Å². The number of nitrogens with one attached hydrogen (secondary N) is 2. The number of hydrogen-bond acceptors (Lipinski definition) is 10. The summed E-state index contributed by atoms with van der Waals surface area (Å²) in [5.74, 6) is 0.308. The quantitative estimate of drug-likeness (QED) is 0.0558. The molecule has 18 heteroatoms. The van der Waals surface area contributed by atoms with E-state index in [4.69, 9.17) is 27.8 Å². The minimum absolute atomic E-state index is 0.0121. The average molecular weight is 941 g/mol. The van der Waals surface area contributed by atoms with Crippen LogP contribution in [0, 0.1) is 0 Å². The van der Waals surface area contributed by atoms with Crippen LogP contribution < -0.4 is 29.6 Å². The molecule has 2 aliphatic heterocycles. The number of carboxylic acid groups (broad SMARTS) is 2. The predicted molar refractivity (Wildman–Crippen MR) is 258 cm³/mol. The number of likely N-dealkylation sites (tertiary alicyclic amines) is 2. The lowest BCUT2D eigenvalue weighted by Crippen LogP contribution is -2.46. The van der Waals surface area contributed by atoms with Crippen LogP contribution >= 0.6 is 0 Å². The molecule has 4 N–H and O–H groups in total. The van der Waals surface area contributed by atoms with Gasteiger partial charge in [-0.05, 0) is 80.5 Å². The molecule has 2 aromatic rings. The van der Waals surface area contributed by atoms with Crippen LogP contribution in [0.4, 0.5) is 21.0 Å². The monoisotopic (exact) mass is 940 g/mol. The van der Waals surface area contributed by atoms with Crippen molar-refractivity contribution in [3.8, 4) is 23.0 Å². The Kier molecular flexibility index (Phi) is 17.4. The number of anilines is 2. The Balaban J connectivity index is 1.40. The highest BCUT2D eigenvalue weighted by atomic mass is 28.4. The molecule has 0 aliphatic carbocycles. The first-order chi connectivity index (χ1) is 30.2. The summed E-state index contributed by atoms with van der Waals surface area (Å²) in [5.41, 5.74) is 2.14. The second-order valence-corrected chi connectivity index (χ2v) is 29.6. The summed E-state index contributed by atoms with van der Waals surface area (Å²) in [4.78, 5) is 55.4. The van der Waals surface area contributed by atoms with Crippen molar-refractivity contribution in [3.63, 3.8) is 0 Å². The Labute approximate surface area is 386 Å². The zero-order chi connectivity index (χ0) is 48.7. The third kappa shape index (κ3) is 13.5. The molecule has 0 radical (unpaired) electrons. The van der Waals surface area contributed by atoms with E-state index in [-0.39, 0.29) is 92.7 Å². The van der Waals surface area contributed by atoms with Crippen molar-refractivity contribution in [2.24, 2.45) is 0 Å². The lowest BCUT2D eigenvalue weighted by atomic mass is 10.1. The van der Waals surface area contributed by atoms with Gasteiger partial charge in [-0.2, -0.15) is 0 Å². The summed E-state index contributed by atoms with van der Waals surface area (Å²) in [6.45, 7) is 31.7. The summed E-state index contributed by atoms with van der Waals surface area (Å²) >= 11 is 0. The van der Waals surface area contributed by atoms with Crippen molar-refractivity contribution in [1.29, 1.82) is 0 Å². The van der Waals surface area contributed by atoms with Gasteiger partial charge < -0.3 is 47.8 Å². The van der Waals surface area contributed by atoms with Gasteiger partial charge >= 0.3 is 12.2 Å². The lowest BCUT2D eigenvalue weighted by molar-refractivity contribution is 0.0680. The molecule has 16 nitrogen and oxygen atoms in total. The summed E-state index contributed by atoms with van der Waals surface area (Å²) in [5, 5.41) is 24.1. The van der Waals surface area contributed by atoms with Crippen LogP contribution in [-0.4, -0.2) is 126 Å². The normalized spacial score (nSPS) is 17.0. The Hall–Kier alpha value is -5.05. The third-order valence-corrected chi connectivity index (χ3v) is 22.0. The van der Waals surface area contributed by atoms with Gasteiger partial charge in [-0.1, -0.05) is 65.8 Å². The van der Waals surface area contributed by atoms with Gasteiger partial charge in [0.05, 0.1) is 75.2 Å². The highest BCUT2D eigenvalue weighted by Crippen LogP contribution is 2.41. The number of carbonyl (C=O) groups is 4. The summed E-state index contributed by atoms with van der Waals surface area (Å²) < 4.78 is 36.3. The molecule has 0 aromatic heterocycles. The summed E-state index contributed by atoms with van der Waals surface area (Å²) in [6, 6.07) is 5.40. The Bertz CT molecular complexity index is 1950. The molecule has 65 heavy (non-hydrogen) atoms. The molecular weight excluding hydrogens is 869 g/mol. The van der Waals surface area contributed by atoms with Gasteiger partial charge in [0.1, 0.15) is 0 Å². The fourth-order valence-corrected chi connectivity index (χ4v) is 9.17. The van der Waals surface area contributed by atoms with Gasteiger partial charge in [0.2, 0.25) is 0 Å². The molecule has 0 saturated carbocycles. The van der Waals surface area contributed by atoms with Crippen LogP contribution in [0.5, 0.6) is 23.0 Å². The van der Waals surface area contributed by atoms with Crippen LogP contribution in [-0.2, 0) is 8.85 Å². The van der Waals surface area contributed by atoms with E-state index in [0.29, 0.717) is 58.4 Å². The number of benzene rings is 2. The molecule has 2 fully saturated rings. The first-order valence-electron chi connectivity index (χ1n) is 22.1. The van der Waals surface area contributed by atoms with Crippen LogP contribution in [0.2, 0.25) is 36.3 Å². The minimum atomic E-state index is -2.11. The maximum Gasteiger partial charge on any atom is 0.409 e. The minimum Gasteiger partial charge on any atom is -0.493 e. The Morgan fingerprint density at radius 3 is 1.29 bits per heavy atom. The summed E-state index contributed by atoms with van der Waals surface area (Å²) in [7, 11) is -1.32. The standard InChI is InChI=1S/C47H72N4O12Si2/c1-30-20-32(28-62-64(11,12)46(3,4)5)50(26-30)42(52)34-22-38(58-9)40(24-36(34)48-44(54)55)60-18-16-15-17-19-61-41-25-37(49-45(56)57)35(23-39(41)59-10)43(53)51-27-31(2)21-33(51)29-63-65(13,14)47(6,7)8/h22-25,32-33,48-49H,1-2,15-21,26-29H2,3-14H3,(H,54,55)(H,56,57)/t32-,33-/m0/s1. The molecule has 0 bridgehead atoms. The van der Waals surface area contributed by atoms with Gasteiger partial charge in [0, 0.05) is 25.2 Å². The molecule has 360 valence electrons. The van der Waals surface area contributed by atoms with Crippen molar-refractivity contribution < 1.29 is 57.2 Å². The average Bonchev–Trinajstić information content (AvgIpc) is 3.78. The number of ether oxygens (including phenoxy) is 4. The second-order valence-electron chi connectivity index (χ2n) is 19.9. The molecule has 2 atom stereocenters. The van der Waals surface area contributed by atoms with Gasteiger partial charge in [-0.15, -0.1) is 0 Å². The predicted octanol–water partition coefficient (Wildman–Crippen LogP) is 10.1. The fourth-order valence-electron chi connectivity index (χ4n) is 7.08.